The first kappa shape index (κ1) is 16.6. The number of halogens is 1. The van der Waals surface area contributed by atoms with Gasteiger partial charge >= 0.3 is 11.9 Å². The van der Waals surface area contributed by atoms with Crippen LogP contribution in [-0.4, -0.2) is 24.1 Å². The van der Waals surface area contributed by atoms with Crippen LogP contribution in [0.1, 0.15) is 20.3 Å². The number of ether oxygens (including phenoxy) is 2. The molecular weight excluding hydrogens is 304 g/mol. The number of hydrogen-bond donors (Lipinski definition) is 0. The van der Waals surface area contributed by atoms with Gasteiger partial charge in [-0.25, -0.2) is 0 Å². The number of rotatable bonds is 5. The molecule has 1 saturated carbocycles. The average Bonchev–Trinajstić information content (AvgIpc) is 3.04. The van der Waals surface area contributed by atoms with Gasteiger partial charge < -0.3 is 9.47 Å². The summed E-state index contributed by atoms with van der Waals surface area (Å²) in [5, 5.41) is 0.236. The van der Waals surface area contributed by atoms with Gasteiger partial charge in [-0.3, -0.25) is 9.59 Å². The lowest BCUT2D eigenvalue weighted by Crippen LogP contribution is -2.39. The molecule has 0 aromatic carbocycles. The molecule has 0 N–H and O–H groups in total. The van der Waals surface area contributed by atoms with E-state index in [1.807, 2.05) is 12.2 Å². The van der Waals surface area contributed by atoms with E-state index < -0.39 is 29.4 Å². The zero-order chi connectivity index (χ0) is 16.5. The van der Waals surface area contributed by atoms with Crippen LogP contribution in [0.15, 0.2) is 23.8 Å². The predicted octanol–water partition coefficient (Wildman–Crippen LogP) is 2.68. The Morgan fingerprint density at radius 2 is 1.86 bits per heavy atom. The van der Waals surface area contributed by atoms with Gasteiger partial charge in [0.05, 0.1) is 11.8 Å². The highest BCUT2D eigenvalue weighted by molar-refractivity contribution is 6.29. The van der Waals surface area contributed by atoms with Gasteiger partial charge in [0.1, 0.15) is 6.61 Å². The van der Waals surface area contributed by atoms with E-state index in [2.05, 4.69) is 12.5 Å². The lowest BCUT2D eigenvalue weighted by atomic mass is 9.83. The summed E-state index contributed by atoms with van der Waals surface area (Å²) in [6.45, 7) is 6.69. The highest BCUT2D eigenvalue weighted by Gasteiger charge is 2.53. The van der Waals surface area contributed by atoms with Crippen LogP contribution in [0.5, 0.6) is 0 Å². The van der Waals surface area contributed by atoms with E-state index in [1.54, 1.807) is 13.8 Å². The fourth-order valence-corrected chi connectivity index (χ4v) is 3.11. The van der Waals surface area contributed by atoms with Crippen molar-refractivity contribution in [2.45, 2.75) is 25.9 Å². The Balaban J connectivity index is 2.13. The van der Waals surface area contributed by atoms with Crippen LogP contribution in [-0.2, 0) is 19.1 Å². The third kappa shape index (κ3) is 3.36. The molecule has 1 fully saturated rings. The smallest absolute Gasteiger partial charge is 0.311 e. The average molecular weight is 323 g/mol. The van der Waals surface area contributed by atoms with Crippen molar-refractivity contribution in [3.63, 3.8) is 0 Å². The molecule has 0 saturated heterocycles. The molecule has 0 radical (unpaired) electrons. The largest absolute Gasteiger partial charge is 0.460 e. The Morgan fingerprint density at radius 3 is 2.36 bits per heavy atom. The first-order valence-electron chi connectivity index (χ1n) is 7.14. The molecule has 2 rings (SSSR count). The molecule has 0 aromatic heterocycles. The molecule has 2 aliphatic carbocycles. The maximum Gasteiger partial charge on any atom is 0.311 e. The van der Waals surface area contributed by atoms with E-state index in [0.29, 0.717) is 0 Å². The number of hydrogen-bond acceptors (Lipinski definition) is 4. The second-order valence-electron chi connectivity index (χ2n) is 6.20. The van der Waals surface area contributed by atoms with Crippen LogP contribution in [0, 0.1) is 36.0 Å². The van der Waals surface area contributed by atoms with E-state index in [9.17, 15) is 9.59 Å². The fourth-order valence-electron chi connectivity index (χ4n) is 3.06. The summed E-state index contributed by atoms with van der Waals surface area (Å²) in [5.74, 6) is 0.396. The van der Waals surface area contributed by atoms with Crippen LogP contribution in [0.25, 0.3) is 0 Å². The minimum atomic E-state index is -0.999. The summed E-state index contributed by atoms with van der Waals surface area (Å²) in [5.41, 5.74) is -0.999. The summed E-state index contributed by atoms with van der Waals surface area (Å²) in [6, 6.07) is 0. The highest BCUT2D eigenvalue weighted by atomic mass is 35.5. The molecule has 0 aliphatic heterocycles. The van der Waals surface area contributed by atoms with Crippen LogP contribution in [0.2, 0.25) is 0 Å². The first-order chi connectivity index (χ1) is 10.2. The lowest BCUT2D eigenvalue weighted by molar-refractivity contribution is -0.166. The third-order valence-corrected chi connectivity index (χ3v) is 4.19. The molecule has 0 aromatic rings. The summed E-state index contributed by atoms with van der Waals surface area (Å²) in [4.78, 5) is 24.7. The van der Waals surface area contributed by atoms with Crippen molar-refractivity contribution in [1.29, 1.82) is 0 Å². The summed E-state index contributed by atoms with van der Waals surface area (Å²) >= 11 is 5.61. The van der Waals surface area contributed by atoms with Gasteiger partial charge in [0.2, 0.25) is 0 Å². The van der Waals surface area contributed by atoms with E-state index >= 15 is 0 Å². The second kappa shape index (κ2) is 6.18. The number of allylic oxidation sites excluding steroid dienone is 2. The molecule has 5 heteroatoms. The quantitative estimate of drug-likeness (QED) is 0.443. The zero-order valence-electron chi connectivity index (χ0n) is 12.7. The van der Waals surface area contributed by atoms with E-state index in [1.165, 1.54) is 0 Å². The number of carbonyl (C=O) groups excluding carboxylic acids is 2. The third-order valence-electron chi connectivity index (χ3n) is 4.08. The van der Waals surface area contributed by atoms with Gasteiger partial charge in [0.15, 0.2) is 5.60 Å². The van der Waals surface area contributed by atoms with Crippen LogP contribution in [0.3, 0.4) is 0 Å². The molecule has 0 heterocycles. The SMILES string of the molecule is C#CC(C)(C)OC(=O)[C@@H]1[C@@H](C(=O)OCC(=C)Cl)[C@H]2C=C[C@H]1C2. The van der Waals surface area contributed by atoms with Crippen molar-refractivity contribution in [3.8, 4) is 12.3 Å². The van der Waals surface area contributed by atoms with Crippen molar-refractivity contribution in [2.75, 3.05) is 6.61 Å². The lowest BCUT2D eigenvalue weighted by Gasteiger charge is -2.28. The normalized spacial score (nSPS) is 29.0. The number of fused-ring (bicyclic) bond motifs is 2. The first-order valence-corrected chi connectivity index (χ1v) is 7.52. The molecule has 0 unspecified atom stereocenters. The molecule has 118 valence electrons. The predicted molar refractivity (Wildman–Crippen MR) is 82.7 cm³/mol. The monoisotopic (exact) mass is 322 g/mol. The maximum atomic E-state index is 12.5. The molecule has 2 bridgehead atoms. The van der Waals surface area contributed by atoms with Crippen LogP contribution >= 0.6 is 11.6 Å². The maximum absolute atomic E-state index is 12.5. The minimum absolute atomic E-state index is 0.00686. The Hall–Kier alpha value is -1.73. The Labute approximate surface area is 135 Å². The molecule has 0 spiro atoms. The molecular formula is C17H19ClO4. The van der Waals surface area contributed by atoms with Gasteiger partial charge in [-0.15, -0.1) is 6.42 Å². The molecule has 4 atom stereocenters. The minimum Gasteiger partial charge on any atom is -0.460 e. The standard InChI is InChI=1S/C17H19ClO4/c1-5-17(3,4)22-16(20)14-12-7-6-11(8-12)13(14)15(19)21-9-10(2)18/h1,6-7,11-14H,2,8-9H2,3-4H3/t11-,12-,13-,14-/m0/s1. The number of terminal acetylenes is 1. The van der Waals surface area contributed by atoms with E-state index in [0.717, 1.165) is 6.42 Å². The van der Waals surface area contributed by atoms with Gasteiger partial charge in [0, 0.05) is 5.03 Å². The van der Waals surface area contributed by atoms with Crippen molar-refractivity contribution >= 4 is 23.5 Å². The van der Waals surface area contributed by atoms with Gasteiger partial charge in [0.25, 0.3) is 0 Å². The van der Waals surface area contributed by atoms with Gasteiger partial charge in [-0.2, -0.15) is 0 Å². The van der Waals surface area contributed by atoms with Crippen LogP contribution < -0.4 is 0 Å². The molecule has 4 nitrogen and oxygen atoms in total. The second-order valence-corrected chi connectivity index (χ2v) is 6.74. The summed E-state index contributed by atoms with van der Waals surface area (Å²) in [6.07, 6.45) is 10.0. The van der Waals surface area contributed by atoms with Crippen LogP contribution in [0.4, 0.5) is 0 Å². The van der Waals surface area contributed by atoms with Crippen molar-refractivity contribution in [2.24, 2.45) is 23.7 Å². The Kier molecular flexibility index (Phi) is 4.67. The van der Waals surface area contributed by atoms with Crippen molar-refractivity contribution in [1.82, 2.24) is 0 Å². The molecule has 22 heavy (non-hydrogen) atoms. The number of carbonyl (C=O) groups is 2. The van der Waals surface area contributed by atoms with E-state index in [-0.39, 0.29) is 23.5 Å². The van der Waals surface area contributed by atoms with Crippen molar-refractivity contribution in [3.05, 3.63) is 23.8 Å². The summed E-state index contributed by atoms with van der Waals surface area (Å²) < 4.78 is 10.5. The van der Waals surface area contributed by atoms with Gasteiger partial charge in [-0.05, 0) is 32.1 Å². The zero-order valence-corrected chi connectivity index (χ0v) is 13.4. The fraction of sp³-hybridized carbons (Fsp3) is 0.529. The molecule has 0 amide bonds. The summed E-state index contributed by atoms with van der Waals surface area (Å²) in [7, 11) is 0. The van der Waals surface area contributed by atoms with Crippen molar-refractivity contribution < 1.29 is 19.1 Å². The van der Waals surface area contributed by atoms with Gasteiger partial charge in [-0.1, -0.05) is 36.3 Å². The Morgan fingerprint density at radius 1 is 1.32 bits per heavy atom. The Bertz CT molecular complexity index is 570. The number of esters is 2. The highest BCUT2D eigenvalue weighted by Crippen LogP contribution is 2.49. The van der Waals surface area contributed by atoms with E-state index in [4.69, 9.17) is 27.5 Å². The molecule has 2 aliphatic rings. The topological polar surface area (TPSA) is 52.6 Å².